The zero-order valence-electron chi connectivity index (χ0n) is 16.5. The number of nitrogens with one attached hydrogen (secondary N) is 1. The third-order valence-electron chi connectivity index (χ3n) is 4.88. The quantitative estimate of drug-likeness (QED) is 0.654. The Labute approximate surface area is 170 Å². The lowest BCUT2D eigenvalue weighted by atomic mass is 10.2. The number of ether oxygens (including phenoxy) is 2. The largest absolute Gasteiger partial charge is 0.497 e. The first-order valence-electron chi connectivity index (χ1n) is 9.58. The van der Waals surface area contributed by atoms with Crippen LogP contribution in [0, 0.1) is 0 Å². The Hall–Kier alpha value is -3.54. The van der Waals surface area contributed by atoms with E-state index in [1.54, 1.807) is 24.3 Å². The highest BCUT2D eigenvalue weighted by molar-refractivity contribution is 5.98. The first-order chi connectivity index (χ1) is 14.2. The highest BCUT2D eigenvalue weighted by atomic mass is 16.5. The number of amides is 1. The van der Waals surface area contributed by atoms with E-state index in [9.17, 15) is 4.79 Å². The van der Waals surface area contributed by atoms with Gasteiger partial charge in [-0.05, 0) is 61.0 Å². The molecule has 2 heterocycles. The molecule has 1 amide bonds. The molecule has 1 atom stereocenters. The number of pyridine rings is 1. The molecule has 3 aromatic rings. The van der Waals surface area contributed by atoms with Crippen LogP contribution < -0.4 is 14.8 Å². The smallest absolute Gasteiger partial charge is 0.258 e. The maximum atomic E-state index is 13.1. The minimum atomic E-state index is -0.348. The molecule has 0 saturated heterocycles. The molecule has 29 heavy (non-hydrogen) atoms. The van der Waals surface area contributed by atoms with Gasteiger partial charge >= 0.3 is 0 Å². The van der Waals surface area contributed by atoms with Crippen molar-refractivity contribution < 1.29 is 14.3 Å². The topological polar surface area (TPSA) is 63.7 Å². The number of anilines is 1. The first kappa shape index (κ1) is 18.8. The van der Waals surface area contributed by atoms with Crippen LogP contribution in [0.15, 0.2) is 66.9 Å². The van der Waals surface area contributed by atoms with Crippen molar-refractivity contribution in [2.45, 2.75) is 19.6 Å². The van der Waals surface area contributed by atoms with Gasteiger partial charge in [0.05, 0.1) is 25.0 Å². The number of carbonyl (C=O) groups is 1. The van der Waals surface area contributed by atoms with E-state index in [0.717, 1.165) is 28.4 Å². The minimum absolute atomic E-state index is 0.0349. The molecular weight excluding hydrogens is 366 g/mol. The minimum Gasteiger partial charge on any atom is -0.497 e. The van der Waals surface area contributed by atoms with Crippen molar-refractivity contribution in [3.63, 3.8) is 0 Å². The fourth-order valence-electron chi connectivity index (χ4n) is 3.44. The zero-order chi connectivity index (χ0) is 20.2. The Kier molecular flexibility index (Phi) is 5.33. The molecule has 0 radical (unpaired) electrons. The number of methoxy groups -OCH3 is 1. The summed E-state index contributed by atoms with van der Waals surface area (Å²) in [5.41, 5.74) is 3.28. The van der Waals surface area contributed by atoms with Crippen LogP contribution in [0.5, 0.6) is 11.5 Å². The van der Waals surface area contributed by atoms with Gasteiger partial charge in [-0.25, -0.2) is 0 Å². The first-order valence-corrected chi connectivity index (χ1v) is 9.58. The van der Waals surface area contributed by atoms with E-state index in [0.29, 0.717) is 18.7 Å². The van der Waals surface area contributed by atoms with Crippen LogP contribution in [0.1, 0.15) is 34.7 Å². The van der Waals surface area contributed by atoms with Gasteiger partial charge in [-0.1, -0.05) is 12.1 Å². The summed E-state index contributed by atoms with van der Waals surface area (Å²) in [7, 11) is 1.64. The predicted octanol–water partition coefficient (Wildman–Crippen LogP) is 4.26. The summed E-state index contributed by atoms with van der Waals surface area (Å²) in [5, 5.41) is 3.45. The van der Waals surface area contributed by atoms with Crippen molar-refractivity contribution in [1.82, 2.24) is 9.88 Å². The molecule has 0 aliphatic carbocycles. The number of fused-ring (bicyclic) bond motifs is 1. The highest BCUT2D eigenvalue weighted by Crippen LogP contribution is 2.34. The van der Waals surface area contributed by atoms with Crippen LogP contribution in [-0.4, -0.2) is 29.5 Å². The van der Waals surface area contributed by atoms with Gasteiger partial charge in [0.2, 0.25) is 0 Å². The lowest BCUT2D eigenvalue weighted by Crippen LogP contribution is -2.32. The summed E-state index contributed by atoms with van der Waals surface area (Å²) < 4.78 is 10.7. The summed E-state index contributed by atoms with van der Waals surface area (Å²) >= 11 is 0. The summed E-state index contributed by atoms with van der Waals surface area (Å²) in [6.07, 6.45) is 1.37. The van der Waals surface area contributed by atoms with Crippen molar-refractivity contribution >= 4 is 11.6 Å². The zero-order valence-corrected chi connectivity index (χ0v) is 16.5. The number of rotatable bonds is 7. The van der Waals surface area contributed by atoms with Crippen molar-refractivity contribution in [1.29, 1.82) is 0 Å². The third kappa shape index (κ3) is 3.87. The summed E-state index contributed by atoms with van der Waals surface area (Å²) in [4.78, 5) is 19.4. The molecule has 0 fully saturated rings. The Bertz CT molecular complexity index is 987. The van der Waals surface area contributed by atoms with Crippen molar-refractivity contribution in [2.24, 2.45) is 0 Å². The second kappa shape index (κ2) is 8.22. The molecule has 1 aliphatic heterocycles. The summed E-state index contributed by atoms with van der Waals surface area (Å²) in [6, 6.07) is 19.1. The van der Waals surface area contributed by atoms with E-state index in [2.05, 4.69) is 10.3 Å². The summed E-state index contributed by atoms with van der Waals surface area (Å²) in [5.74, 6) is 1.57. The number of nitrogens with zero attached hydrogens (tertiary/aromatic N) is 2. The van der Waals surface area contributed by atoms with Crippen LogP contribution >= 0.6 is 0 Å². The number of carbonyl (C=O) groups excluding carboxylic acids is 1. The van der Waals surface area contributed by atoms with E-state index in [4.69, 9.17) is 9.47 Å². The van der Waals surface area contributed by atoms with E-state index in [-0.39, 0.29) is 12.1 Å². The van der Waals surface area contributed by atoms with E-state index in [1.165, 1.54) is 0 Å². The third-order valence-corrected chi connectivity index (χ3v) is 4.88. The molecule has 148 valence electrons. The van der Waals surface area contributed by atoms with Crippen molar-refractivity contribution in [3.8, 4) is 11.5 Å². The van der Waals surface area contributed by atoms with Gasteiger partial charge in [-0.2, -0.15) is 0 Å². The fraction of sp³-hybridized carbons (Fsp3) is 0.217. The van der Waals surface area contributed by atoms with Crippen molar-refractivity contribution in [3.05, 3.63) is 83.7 Å². The normalized spacial score (nSPS) is 15.2. The lowest BCUT2D eigenvalue weighted by molar-refractivity contribution is 0.0727. The standard InChI is InChI=1S/C23H23N3O3/c1-3-29-19-12-8-17(9-13-19)25-22-21-20(5-4-14-24-21)23(27)26(22)15-16-6-10-18(28-2)11-7-16/h4-14,22,25H,3,15H2,1-2H3/t22-/m1/s1. The van der Waals surface area contributed by atoms with Crippen LogP contribution in [-0.2, 0) is 6.54 Å². The van der Waals surface area contributed by atoms with Gasteiger partial charge in [0.1, 0.15) is 17.7 Å². The second-order valence-corrected chi connectivity index (χ2v) is 6.72. The van der Waals surface area contributed by atoms with Gasteiger partial charge in [0.15, 0.2) is 0 Å². The second-order valence-electron chi connectivity index (χ2n) is 6.72. The molecule has 0 spiro atoms. The summed E-state index contributed by atoms with van der Waals surface area (Å²) in [6.45, 7) is 3.04. The van der Waals surface area contributed by atoms with Gasteiger partial charge in [0.25, 0.3) is 5.91 Å². The van der Waals surface area contributed by atoms with Gasteiger partial charge in [-0.15, -0.1) is 0 Å². The maximum absolute atomic E-state index is 13.1. The van der Waals surface area contributed by atoms with Crippen LogP contribution in [0.2, 0.25) is 0 Å². The van der Waals surface area contributed by atoms with Crippen molar-refractivity contribution in [2.75, 3.05) is 19.0 Å². The Morgan fingerprint density at radius 3 is 2.45 bits per heavy atom. The van der Waals surface area contributed by atoms with E-state index < -0.39 is 0 Å². The molecule has 6 nitrogen and oxygen atoms in total. The Morgan fingerprint density at radius 1 is 1.03 bits per heavy atom. The fourth-order valence-corrected chi connectivity index (χ4v) is 3.44. The molecule has 6 heteroatoms. The Morgan fingerprint density at radius 2 is 1.76 bits per heavy atom. The van der Waals surface area contributed by atoms with Crippen LogP contribution in [0.25, 0.3) is 0 Å². The molecule has 1 aromatic heterocycles. The van der Waals surface area contributed by atoms with Gasteiger partial charge in [-0.3, -0.25) is 9.78 Å². The number of aromatic nitrogens is 1. The molecule has 0 saturated carbocycles. The SMILES string of the molecule is CCOc1ccc(N[C@H]2c3ncccc3C(=O)N2Cc2ccc(OC)cc2)cc1. The molecule has 0 unspecified atom stereocenters. The number of benzene rings is 2. The molecule has 1 aliphatic rings. The molecule has 0 bridgehead atoms. The molecular formula is C23H23N3O3. The van der Waals surface area contributed by atoms with Crippen LogP contribution in [0.4, 0.5) is 5.69 Å². The number of hydrogen-bond donors (Lipinski definition) is 1. The van der Waals surface area contributed by atoms with E-state index in [1.807, 2.05) is 61.5 Å². The molecule has 4 rings (SSSR count). The average molecular weight is 389 g/mol. The van der Waals surface area contributed by atoms with Gasteiger partial charge in [0, 0.05) is 18.4 Å². The molecule has 1 N–H and O–H groups in total. The predicted molar refractivity (Wildman–Crippen MR) is 111 cm³/mol. The van der Waals surface area contributed by atoms with E-state index >= 15 is 0 Å². The van der Waals surface area contributed by atoms with Gasteiger partial charge < -0.3 is 19.7 Å². The highest BCUT2D eigenvalue weighted by Gasteiger charge is 2.37. The molecule has 2 aromatic carbocycles. The number of hydrogen-bond acceptors (Lipinski definition) is 5. The lowest BCUT2D eigenvalue weighted by Gasteiger charge is -2.26. The maximum Gasteiger partial charge on any atom is 0.258 e. The average Bonchev–Trinajstić information content (AvgIpc) is 3.02. The monoisotopic (exact) mass is 389 g/mol. The Balaban J connectivity index is 1.60. The van der Waals surface area contributed by atoms with Crippen LogP contribution in [0.3, 0.4) is 0 Å².